The van der Waals surface area contributed by atoms with Crippen molar-refractivity contribution in [2.75, 3.05) is 53.0 Å². The number of likely N-dealkylation sites (tertiary alicyclic amines) is 1. The summed E-state index contributed by atoms with van der Waals surface area (Å²) >= 11 is 0. The van der Waals surface area contributed by atoms with E-state index in [1.54, 1.807) is 7.11 Å². The molecule has 6 nitrogen and oxygen atoms in total. The van der Waals surface area contributed by atoms with Crippen LogP contribution in [0.5, 0.6) is 11.5 Å². The van der Waals surface area contributed by atoms with Crippen LogP contribution in [-0.4, -0.2) is 63.8 Å². The average Bonchev–Trinajstić information content (AvgIpc) is 2.71. The minimum Gasteiger partial charge on any atom is -0.497 e. The van der Waals surface area contributed by atoms with Crippen molar-refractivity contribution in [1.82, 2.24) is 15.5 Å². The molecule has 160 valence electrons. The number of nitrogens with one attached hydrogen (secondary N) is 2. The minimum absolute atomic E-state index is 0. The number of nitrogens with zero attached hydrogens (tertiary/aromatic N) is 2. The van der Waals surface area contributed by atoms with Gasteiger partial charge < -0.3 is 25.0 Å². The maximum atomic E-state index is 5.76. The molecule has 0 radical (unpaired) electrons. The summed E-state index contributed by atoms with van der Waals surface area (Å²) in [4.78, 5) is 7.35. The molecule has 28 heavy (non-hydrogen) atoms. The summed E-state index contributed by atoms with van der Waals surface area (Å²) in [7, 11) is 1.66. The van der Waals surface area contributed by atoms with Gasteiger partial charge in [0.2, 0.25) is 0 Å². The first-order valence-corrected chi connectivity index (χ1v) is 10.3. The van der Waals surface area contributed by atoms with Gasteiger partial charge in [0.15, 0.2) is 5.96 Å². The molecule has 0 unspecified atom stereocenters. The first-order chi connectivity index (χ1) is 13.2. The Kier molecular flexibility index (Phi) is 13.1. The van der Waals surface area contributed by atoms with Crippen LogP contribution in [0.3, 0.4) is 0 Å². The highest BCUT2D eigenvalue weighted by molar-refractivity contribution is 14.0. The van der Waals surface area contributed by atoms with Crippen LogP contribution in [0.15, 0.2) is 29.3 Å². The summed E-state index contributed by atoms with van der Waals surface area (Å²) in [5.41, 5.74) is 0. The van der Waals surface area contributed by atoms with Crippen LogP contribution in [0.4, 0.5) is 0 Å². The largest absolute Gasteiger partial charge is 0.497 e. The summed E-state index contributed by atoms with van der Waals surface area (Å²) in [6, 6.07) is 7.65. The molecule has 1 aromatic carbocycles. The van der Waals surface area contributed by atoms with Crippen LogP contribution in [0.25, 0.3) is 0 Å². The number of aliphatic imine (C=N–C) groups is 1. The molecule has 2 N–H and O–H groups in total. The fourth-order valence-corrected chi connectivity index (χ4v) is 3.28. The number of piperidine rings is 1. The Morgan fingerprint density at radius 1 is 1.11 bits per heavy atom. The predicted molar refractivity (Wildman–Crippen MR) is 127 cm³/mol. The summed E-state index contributed by atoms with van der Waals surface area (Å²) in [6.07, 6.45) is 3.75. The SMILES string of the molecule is CCCN1CCC(CN=C(NCC)NCCOc2ccc(OC)cc2)CC1.I. The van der Waals surface area contributed by atoms with Gasteiger partial charge in [0.1, 0.15) is 18.1 Å². The van der Waals surface area contributed by atoms with Crippen molar-refractivity contribution in [2.24, 2.45) is 10.9 Å². The van der Waals surface area contributed by atoms with E-state index in [2.05, 4.69) is 29.4 Å². The van der Waals surface area contributed by atoms with E-state index in [9.17, 15) is 0 Å². The normalized spacial score (nSPS) is 15.6. The number of benzene rings is 1. The van der Waals surface area contributed by atoms with E-state index in [1.807, 2.05) is 24.3 Å². The molecule has 0 aliphatic carbocycles. The van der Waals surface area contributed by atoms with E-state index in [1.165, 1.54) is 38.9 Å². The van der Waals surface area contributed by atoms with Gasteiger partial charge in [-0.3, -0.25) is 4.99 Å². The van der Waals surface area contributed by atoms with Crippen molar-refractivity contribution in [3.63, 3.8) is 0 Å². The molecule has 1 aliphatic rings. The third-order valence-electron chi connectivity index (χ3n) is 4.82. The molecule has 0 bridgehead atoms. The topological polar surface area (TPSA) is 58.1 Å². The standard InChI is InChI=1S/C21H36N4O2.HI/c1-4-13-25-14-10-18(11-15-25)17-24-21(22-5-2)23-12-16-27-20-8-6-19(26-3)7-9-20;/h6-9,18H,4-5,10-17H2,1-3H3,(H2,22,23,24);1H. The Morgan fingerprint density at radius 2 is 1.79 bits per heavy atom. The lowest BCUT2D eigenvalue weighted by Gasteiger charge is -2.31. The van der Waals surface area contributed by atoms with E-state index in [4.69, 9.17) is 14.5 Å². The fraction of sp³-hybridized carbons (Fsp3) is 0.667. The molecule has 0 atom stereocenters. The van der Waals surface area contributed by atoms with Gasteiger partial charge >= 0.3 is 0 Å². The van der Waals surface area contributed by atoms with E-state index in [0.29, 0.717) is 19.1 Å². The smallest absolute Gasteiger partial charge is 0.191 e. The Bertz CT molecular complexity index is 546. The summed E-state index contributed by atoms with van der Waals surface area (Å²) in [6.45, 7) is 11.1. The zero-order chi connectivity index (χ0) is 19.3. The Hall–Kier alpha value is -1.22. The zero-order valence-corrected chi connectivity index (χ0v) is 19.9. The second-order valence-electron chi connectivity index (χ2n) is 6.96. The molecular weight excluding hydrogens is 467 g/mol. The predicted octanol–water partition coefficient (Wildman–Crippen LogP) is 3.37. The van der Waals surface area contributed by atoms with Gasteiger partial charge in [-0.05, 0) is 76.0 Å². The average molecular weight is 504 g/mol. The Morgan fingerprint density at radius 3 is 2.39 bits per heavy atom. The lowest BCUT2D eigenvalue weighted by molar-refractivity contribution is 0.188. The second kappa shape index (κ2) is 14.7. The maximum absolute atomic E-state index is 5.76. The van der Waals surface area contributed by atoms with Gasteiger partial charge in [0, 0.05) is 13.1 Å². The second-order valence-corrected chi connectivity index (χ2v) is 6.96. The molecule has 0 amide bonds. The van der Waals surface area contributed by atoms with Crippen molar-refractivity contribution < 1.29 is 9.47 Å². The molecule has 1 heterocycles. The molecule has 2 rings (SSSR count). The van der Waals surface area contributed by atoms with Crippen LogP contribution >= 0.6 is 24.0 Å². The minimum atomic E-state index is 0. The monoisotopic (exact) mass is 504 g/mol. The van der Waals surface area contributed by atoms with Gasteiger partial charge in [-0.25, -0.2) is 0 Å². The summed E-state index contributed by atoms with van der Waals surface area (Å²) in [5, 5.41) is 6.68. The van der Waals surface area contributed by atoms with Crippen molar-refractivity contribution in [3.05, 3.63) is 24.3 Å². The molecule has 1 aromatic rings. The van der Waals surface area contributed by atoms with E-state index in [-0.39, 0.29) is 24.0 Å². The van der Waals surface area contributed by atoms with E-state index in [0.717, 1.165) is 30.5 Å². The quantitative estimate of drug-likeness (QED) is 0.222. The van der Waals surface area contributed by atoms with Crippen LogP contribution in [0, 0.1) is 5.92 Å². The Balaban J connectivity index is 0.00000392. The lowest BCUT2D eigenvalue weighted by atomic mass is 9.97. The van der Waals surface area contributed by atoms with Crippen LogP contribution in [0.1, 0.15) is 33.1 Å². The molecule has 1 aliphatic heterocycles. The molecular formula is C21H37IN4O2. The van der Waals surface area contributed by atoms with E-state index >= 15 is 0 Å². The van der Waals surface area contributed by atoms with Crippen molar-refractivity contribution in [1.29, 1.82) is 0 Å². The Labute approximate surface area is 187 Å². The van der Waals surface area contributed by atoms with Gasteiger partial charge in [-0.2, -0.15) is 0 Å². The first kappa shape index (κ1) is 24.8. The highest BCUT2D eigenvalue weighted by Gasteiger charge is 2.18. The first-order valence-electron chi connectivity index (χ1n) is 10.3. The van der Waals surface area contributed by atoms with Crippen LogP contribution < -0.4 is 20.1 Å². The lowest BCUT2D eigenvalue weighted by Crippen LogP contribution is -2.40. The van der Waals surface area contributed by atoms with Crippen molar-refractivity contribution in [2.45, 2.75) is 33.1 Å². The van der Waals surface area contributed by atoms with Gasteiger partial charge in [0.25, 0.3) is 0 Å². The summed E-state index contributed by atoms with van der Waals surface area (Å²) in [5.74, 6) is 3.26. The van der Waals surface area contributed by atoms with E-state index < -0.39 is 0 Å². The molecule has 7 heteroatoms. The number of hydrogen-bond donors (Lipinski definition) is 2. The third-order valence-corrected chi connectivity index (χ3v) is 4.82. The molecule has 0 spiro atoms. The number of methoxy groups -OCH3 is 1. The van der Waals surface area contributed by atoms with Gasteiger partial charge in [-0.15, -0.1) is 24.0 Å². The fourth-order valence-electron chi connectivity index (χ4n) is 3.28. The number of guanidine groups is 1. The molecule has 0 saturated carbocycles. The zero-order valence-electron chi connectivity index (χ0n) is 17.6. The number of rotatable bonds is 10. The number of hydrogen-bond acceptors (Lipinski definition) is 4. The van der Waals surface area contributed by atoms with Crippen molar-refractivity contribution in [3.8, 4) is 11.5 Å². The van der Waals surface area contributed by atoms with Gasteiger partial charge in [0.05, 0.1) is 13.7 Å². The van der Waals surface area contributed by atoms with Gasteiger partial charge in [-0.1, -0.05) is 6.92 Å². The number of halogens is 1. The van der Waals surface area contributed by atoms with Crippen molar-refractivity contribution >= 4 is 29.9 Å². The third kappa shape index (κ3) is 9.32. The maximum Gasteiger partial charge on any atom is 0.191 e. The summed E-state index contributed by atoms with van der Waals surface area (Å²) < 4.78 is 10.9. The molecule has 1 saturated heterocycles. The van der Waals surface area contributed by atoms with Crippen LogP contribution in [0.2, 0.25) is 0 Å². The van der Waals surface area contributed by atoms with Crippen LogP contribution in [-0.2, 0) is 0 Å². The number of ether oxygens (including phenoxy) is 2. The highest BCUT2D eigenvalue weighted by Crippen LogP contribution is 2.18. The molecule has 0 aromatic heterocycles. The molecule has 1 fully saturated rings. The highest BCUT2D eigenvalue weighted by atomic mass is 127.